The molecule has 0 fully saturated rings. The minimum Gasteiger partial charge on any atom is -0.481 e. The Labute approximate surface area is 139 Å². The van der Waals surface area contributed by atoms with E-state index in [-0.39, 0.29) is 5.75 Å². The van der Waals surface area contributed by atoms with Gasteiger partial charge >= 0.3 is 5.97 Å². The number of benzene rings is 1. The van der Waals surface area contributed by atoms with Crippen molar-refractivity contribution >= 4 is 29.2 Å². The molecule has 0 spiro atoms. The highest BCUT2D eigenvalue weighted by Crippen LogP contribution is 2.26. The Hall–Kier alpha value is -2.28. The number of hydrogen-bond acceptors (Lipinski definition) is 6. The summed E-state index contributed by atoms with van der Waals surface area (Å²) in [6.07, 6.45) is 0. The highest BCUT2D eigenvalue weighted by molar-refractivity contribution is 7.99. The molecule has 0 saturated carbocycles. The molecule has 0 aliphatic heterocycles. The third-order valence-corrected chi connectivity index (χ3v) is 4.00. The predicted molar refractivity (Wildman–Crippen MR) is 90.8 cm³/mol. The van der Waals surface area contributed by atoms with Crippen molar-refractivity contribution in [3.63, 3.8) is 0 Å². The zero-order chi connectivity index (χ0) is 16.8. The molecule has 23 heavy (non-hydrogen) atoms. The smallest absolute Gasteiger partial charge is 0.313 e. The molecule has 0 aliphatic carbocycles. The largest absolute Gasteiger partial charge is 0.481 e. The van der Waals surface area contributed by atoms with E-state index >= 15 is 0 Å². The Balaban J connectivity index is 2.28. The van der Waals surface area contributed by atoms with Crippen LogP contribution in [0.3, 0.4) is 0 Å². The molecular weight excluding hydrogens is 314 g/mol. The van der Waals surface area contributed by atoms with Crippen LogP contribution < -0.4 is 10.1 Å². The highest BCUT2D eigenvalue weighted by atomic mass is 32.2. The summed E-state index contributed by atoms with van der Waals surface area (Å²) in [5.74, 6) is -0.0175. The summed E-state index contributed by atoms with van der Waals surface area (Å²) in [5.41, 5.74) is 3.25. The number of hydrogen-bond donors (Lipinski definition) is 2. The standard InChI is InChI=1S/C16H19N3O3S/c1-4-22-14-8-13(18-16(19-14)23-9-15(20)21)17-12-7-5-6-10(2)11(12)3/h5-8H,4,9H2,1-3H3,(H,20,21)(H,17,18,19). The van der Waals surface area contributed by atoms with Crippen LogP contribution in [-0.4, -0.2) is 33.4 Å². The first kappa shape index (κ1) is 17.1. The van der Waals surface area contributed by atoms with E-state index < -0.39 is 5.97 Å². The van der Waals surface area contributed by atoms with Gasteiger partial charge in [-0.2, -0.15) is 4.98 Å². The Morgan fingerprint density at radius 2 is 2.13 bits per heavy atom. The maximum absolute atomic E-state index is 10.7. The number of aromatic nitrogens is 2. The van der Waals surface area contributed by atoms with Crippen molar-refractivity contribution in [3.8, 4) is 5.88 Å². The molecule has 7 heteroatoms. The molecule has 1 aromatic carbocycles. The van der Waals surface area contributed by atoms with E-state index in [9.17, 15) is 4.79 Å². The van der Waals surface area contributed by atoms with Crippen LogP contribution in [0.4, 0.5) is 11.5 Å². The third kappa shape index (κ3) is 4.85. The molecule has 0 saturated heterocycles. The molecule has 0 amide bonds. The van der Waals surface area contributed by atoms with E-state index in [1.807, 2.05) is 39.0 Å². The molecule has 122 valence electrons. The van der Waals surface area contributed by atoms with E-state index in [0.717, 1.165) is 23.0 Å². The number of carboxylic acids is 1. The predicted octanol–water partition coefficient (Wildman–Crippen LogP) is 3.41. The fourth-order valence-corrected chi connectivity index (χ4v) is 2.47. The molecule has 0 radical (unpaired) electrons. The number of thioether (sulfide) groups is 1. The number of aryl methyl sites for hydroxylation is 1. The molecule has 2 rings (SSSR count). The molecule has 6 nitrogen and oxygen atoms in total. The number of anilines is 2. The van der Waals surface area contributed by atoms with Gasteiger partial charge in [-0.1, -0.05) is 23.9 Å². The van der Waals surface area contributed by atoms with E-state index in [4.69, 9.17) is 9.84 Å². The van der Waals surface area contributed by atoms with Crippen LogP contribution in [0.15, 0.2) is 29.4 Å². The van der Waals surface area contributed by atoms with Crippen molar-refractivity contribution in [2.45, 2.75) is 25.9 Å². The SMILES string of the molecule is CCOc1cc(Nc2cccc(C)c2C)nc(SCC(=O)O)n1. The molecule has 1 aromatic heterocycles. The molecule has 0 aliphatic rings. The average Bonchev–Trinajstić information content (AvgIpc) is 2.50. The topological polar surface area (TPSA) is 84.3 Å². The van der Waals surface area contributed by atoms with Gasteiger partial charge in [-0.05, 0) is 38.0 Å². The Morgan fingerprint density at radius 3 is 2.83 bits per heavy atom. The van der Waals surface area contributed by atoms with Crippen LogP contribution in [0.5, 0.6) is 5.88 Å². The lowest BCUT2D eigenvalue weighted by Crippen LogP contribution is -2.04. The van der Waals surface area contributed by atoms with Gasteiger partial charge in [0.2, 0.25) is 5.88 Å². The van der Waals surface area contributed by atoms with Gasteiger partial charge in [0.05, 0.1) is 12.4 Å². The van der Waals surface area contributed by atoms with Gasteiger partial charge in [-0.3, -0.25) is 4.79 Å². The van der Waals surface area contributed by atoms with E-state index in [1.54, 1.807) is 6.07 Å². The molecule has 0 atom stereocenters. The molecular formula is C16H19N3O3S. The van der Waals surface area contributed by atoms with Gasteiger partial charge in [0, 0.05) is 11.8 Å². The van der Waals surface area contributed by atoms with Crippen molar-refractivity contribution in [1.82, 2.24) is 9.97 Å². The number of rotatable bonds is 7. The molecule has 1 heterocycles. The second-order valence-electron chi connectivity index (χ2n) is 4.86. The maximum atomic E-state index is 10.7. The fraction of sp³-hybridized carbons (Fsp3) is 0.312. The van der Waals surface area contributed by atoms with Crippen molar-refractivity contribution in [3.05, 3.63) is 35.4 Å². The van der Waals surface area contributed by atoms with Gasteiger partial charge in [-0.25, -0.2) is 4.98 Å². The normalized spacial score (nSPS) is 10.4. The molecule has 0 unspecified atom stereocenters. The zero-order valence-corrected chi connectivity index (χ0v) is 14.1. The zero-order valence-electron chi connectivity index (χ0n) is 13.3. The first-order chi connectivity index (χ1) is 11.0. The van der Waals surface area contributed by atoms with Gasteiger partial charge in [0.25, 0.3) is 0 Å². The van der Waals surface area contributed by atoms with Crippen LogP contribution in [0.25, 0.3) is 0 Å². The van der Waals surface area contributed by atoms with E-state index in [2.05, 4.69) is 15.3 Å². The Morgan fingerprint density at radius 1 is 1.35 bits per heavy atom. The van der Waals surface area contributed by atoms with Gasteiger partial charge in [0.15, 0.2) is 5.16 Å². The maximum Gasteiger partial charge on any atom is 0.313 e. The summed E-state index contributed by atoms with van der Waals surface area (Å²) in [4.78, 5) is 19.3. The number of nitrogens with one attached hydrogen (secondary N) is 1. The van der Waals surface area contributed by atoms with Crippen LogP contribution in [0.1, 0.15) is 18.1 Å². The summed E-state index contributed by atoms with van der Waals surface area (Å²) in [6.45, 7) is 6.41. The second-order valence-corrected chi connectivity index (χ2v) is 5.80. The van der Waals surface area contributed by atoms with Crippen molar-refractivity contribution < 1.29 is 14.6 Å². The Bertz CT molecular complexity index is 707. The quantitative estimate of drug-likeness (QED) is 0.593. The first-order valence-corrected chi connectivity index (χ1v) is 8.18. The van der Waals surface area contributed by atoms with Crippen molar-refractivity contribution in [1.29, 1.82) is 0 Å². The average molecular weight is 333 g/mol. The lowest BCUT2D eigenvalue weighted by atomic mass is 10.1. The van der Waals surface area contributed by atoms with Gasteiger partial charge < -0.3 is 15.2 Å². The molecule has 2 N–H and O–H groups in total. The van der Waals surface area contributed by atoms with Crippen molar-refractivity contribution in [2.24, 2.45) is 0 Å². The van der Waals surface area contributed by atoms with Crippen LogP contribution in [0.2, 0.25) is 0 Å². The van der Waals surface area contributed by atoms with E-state index in [1.165, 1.54) is 5.56 Å². The van der Waals surface area contributed by atoms with Gasteiger partial charge in [-0.15, -0.1) is 0 Å². The monoisotopic (exact) mass is 333 g/mol. The molecule has 0 bridgehead atoms. The van der Waals surface area contributed by atoms with Crippen molar-refractivity contribution in [2.75, 3.05) is 17.7 Å². The number of carbonyl (C=O) groups is 1. The summed E-state index contributed by atoms with van der Waals surface area (Å²) < 4.78 is 5.43. The summed E-state index contributed by atoms with van der Waals surface area (Å²) >= 11 is 1.06. The lowest BCUT2D eigenvalue weighted by Gasteiger charge is -2.12. The number of nitrogens with zero attached hydrogens (tertiary/aromatic N) is 2. The highest BCUT2D eigenvalue weighted by Gasteiger charge is 2.10. The minimum absolute atomic E-state index is 0.0987. The summed E-state index contributed by atoms with van der Waals surface area (Å²) in [5, 5.41) is 12.4. The number of carboxylic acid groups (broad SMARTS) is 1. The number of ether oxygens (including phenoxy) is 1. The minimum atomic E-state index is -0.913. The fourth-order valence-electron chi connectivity index (χ4n) is 1.91. The lowest BCUT2D eigenvalue weighted by molar-refractivity contribution is -0.133. The van der Waals surface area contributed by atoms with Gasteiger partial charge in [0.1, 0.15) is 5.82 Å². The van der Waals surface area contributed by atoms with Crippen LogP contribution in [0, 0.1) is 13.8 Å². The first-order valence-electron chi connectivity index (χ1n) is 7.19. The summed E-state index contributed by atoms with van der Waals surface area (Å²) in [7, 11) is 0. The molecule has 2 aromatic rings. The van der Waals surface area contributed by atoms with Crippen LogP contribution >= 0.6 is 11.8 Å². The summed E-state index contributed by atoms with van der Waals surface area (Å²) in [6, 6.07) is 7.68. The third-order valence-electron chi connectivity index (χ3n) is 3.17. The van der Waals surface area contributed by atoms with E-state index in [0.29, 0.717) is 23.5 Å². The Kier molecular flexibility index (Phi) is 5.81. The van der Waals surface area contributed by atoms with Crippen LogP contribution in [-0.2, 0) is 4.79 Å². The number of aliphatic carboxylic acids is 1. The second kappa shape index (κ2) is 7.82.